The molecule has 0 radical (unpaired) electrons. The molecule has 1 heterocycles. The number of nitrogens with zero attached hydrogens (tertiary/aromatic N) is 1. The van der Waals surface area contributed by atoms with Gasteiger partial charge in [-0.15, -0.1) is 0 Å². The fourth-order valence-electron chi connectivity index (χ4n) is 2.38. The van der Waals surface area contributed by atoms with E-state index in [1.807, 2.05) is 60.7 Å². The van der Waals surface area contributed by atoms with E-state index >= 15 is 0 Å². The predicted molar refractivity (Wildman–Crippen MR) is 90.7 cm³/mol. The molecule has 0 saturated heterocycles. The van der Waals surface area contributed by atoms with Gasteiger partial charge in [0.1, 0.15) is 17.3 Å². The number of hydrogen-bond donors (Lipinski definition) is 1. The Kier molecular flexibility index (Phi) is 3.90. The molecule has 0 aliphatic rings. The van der Waals surface area contributed by atoms with Crippen LogP contribution in [0.15, 0.2) is 65.1 Å². The summed E-state index contributed by atoms with van der Waals surface area (Å²) in [5.41, 5.74) is 10.2. The molecule has 0 spiro atoms. The Morgan fingerprint density at radius 3 is 2.36 bits per heavy atom. The number of nitriles is 1. The molecule has 1 aromatic heterocycles. The van der Waals surface area contributed by atoms with Gasteiger partial charge in [0.2, 0.25) is 0 Å². The lowest BCUT2D eigenvalue weighted by Crippen LogP contribution is -2.16. The predicted octanol–water partition coefficient (Wildman–Crippen LogP) is 4.05. The average Bonchev–Trinajstić information content (AvgIpc) is 2.55. The number of nitrogens with two attached hydrogens (primary N) is 1. The average molecular weight is 351 g/mol. The number of aromatic nitrogens is 1. The molecule has 0 atom stereocenters. The molecule has 0 bridgehead atoms. The van der Waals surface area contributed by atoms with E-state index in [0.717, 1.165) is 26.9 Å². The SMILES string of the molecule is N#Cc1c(-c2cccc(Br)c2)cc(-c2ccccc2)[nH+]c1N. The molecular formula is C18H13BrN3+. The Labute approximate surface area is 137 Å². The van der Waals surface area contributed by atoms with Crippen molar-refractivity contribution in [1.29, 1.82) is 5.26 Å². The number of benzene rings is 2. The zero-order chi connectivity index (χ0) is 15.5. The molecule has 2 aromatic carbocycles. The molecule has 3 nitrogen and oxygen atoms in total. The van der Waals surface area contributed by atoms with Crippen molar-refractivity contribution in [2.24, 2.45) is 0 Å². The van der Waals surface area contributed by atoms with Crippen LogP contribution < -0.4 is 10.7 Å². The van der Waals surface area contributed by atoms with E-state index in [2.05, 4.69) is 27.0 Å². The highest BCUT2D eigenvalue weighted by molar-refractivity contribution is 9.10. The summed E-state index contributed by atoms with van der Waals surface area (Å²) >= 11 is 3.47. The second-order valence-electron chi connectivity index (χ2n) is 4.87. The smallest absolute Gasteiger partial charge is 0.286 e. The number of anilines is 1. The van der Waals surface area contributed by atoms with Crippen molar-refractivity contribution in [2.75, 3.05) is 5.73 Å². The van der Waals surface area contributed by atoms with Crippen LogP contribution in [-0.4, -0.2) is 0 Å². The summed E-state index contributed by atoms with van der Waals surface area (Å²) in [5, 5.41) is 9.43. The van der Waals surface area contributed by atoms with Gasteiger partial charge in [-0.3, -0.25) is 5.73 Å². The van der Waals surface area contributed by atoms with Crippen molar-refractivity contribution < 1.29 is 4.98 Å². The Hall–Kier alpha value is -2.64. The van der Waals surface area contributed by atoms with Crippen LogP contribution in [0.4, 0.5) is 5.82 Å². The van der Waals surface area contributed by atoms with Crippen molar-refractivity contribution >= 4 is 21.7 Å². The van der Waals surface area contributed by atoms with Crippen LogP contribution >= 0.6 is 15.9 Å². The first-order valence-corrected chi connectivity index (χ1v) is 7.55. The third kappa shape index (κ3) is 2.72. The highest BCUT2D eigenvalue weighted by atomic mass is 79.9. The normalized spacial score (nSPS) is 10.2. The third-order valence-electron chi connectivity index (χ3n) is 3.43. The van der Waals surface area contributed by atoms with Crippen LogP contribution in [0.5, 0.6) is 0 Å². The van der Waals surface area contributed by atoms with Gasteiger partial charge in [0.05, 0.1) is 0 Å². The molecule has 4 heteroatoms. The Morgan fingerprint density at radius 1 is 0.955 bits per heavy atom. The van der Waals surface area contributed by atoms with Crippen molar-refractivity contribution in [2.45, 2.75) is 0 Å². The minimum atomic E-state index is 0.374. The number of hydrogen-bond acceptors (Lipinski definition) is 2. The number of H-pyrrole nitrogens is 1. The molecule has 0 aliphatic carbocycles. The Bertz CT molecular complexity index is 867. The van der Waals surface area contributed by atoms with Gasteiger partial charge < -0.3 is 0 Å². The molecule has 22 heavy (non-hydrogen) atoms. The Balaban J connectivity index is 2.25. The lowest BCUT2D eigenvalue weighted by molar-refractivity contribution is -0.346. The Morgan fingerprint density at radius 2 is 1.68 bits per heavy atom. The van der Waals surface area contributed by atoms with Crippen LogP contribution in [0.2, 0.25) is 0 Å². The van der Waals surface area contributed by atoms with Crippen LogP contribution in [0, 0.1) is 11.3 Å². The fourth-order valence-corrected chi connectivity index (χ4v) is 2.78. The summed E-state index contributed by atoms with van der Waals surface area (Å²) in [6.45, 7) is 0. The van der Waals surface area contributed by atoms with Crippen LogP contribution in [-0.2, 0) is 0 Å². The minimum Gasteiger partial charge on any atom is -0.286 e. The molecule has 3 N–H and O–H groups in total. The van der Waals surface area contributed by atoms with Crippen molar-refractivity contribution in [3.05, 3.63) is 70.7 Å². The number of halogens is 1. The van der Waals surface area contributed by atoms with Crippen molar-refractivity contribution in [3.63, 3.8) is 0 Å². The minimum absolute atomic E-state index is 0.374. The quantitative estimate of drug-likeness (QED) is 0.757. The summed E-state index contributed by atoms with van der Waals surface area (Å²) in [5.74, 6) is 0.374. The molecule has 106 valence electrons. The maximum absolute atomic E-state index is 9.43. The van der Waals surface area contributed by atoms with E-state index in [0.29, 0.717) is 11.4 Å². The number of pyridine rings is 1. The van der Waals surface area contributed by atoms with Gasteiger partial charge in [0.25, 0.3) is 5.82 Å². The van der Waals surface area contributed by atoms with Gasteiger partial charge in [0.15, 0.2) is 0 Å². The van der Waals surface area contributed by atoms with E-state index < -0.39 is 0 Å². The van der Waals surface area contributed by atoms with Gasteiger partial charge >= 0.3 is 0 Å². The second kappa shape index (κ2) is 6.00. The summed E-state index contributed by atoms with van der Waals surface area (Å²) < 4.78 is 0.960. The molecule has 3 rings (SSSR count). The number of rotatable bonds is 2. The number of nitrogens with one attached hydrogen (secondary N) is 1. The number of nitrogen functional groups attached to an aromatic ring is 1. The number of aromatic amines is 1. The summed E-state index contributed by atoms with van der Waals surface area (Å²) in [4.78, 5) is 3.11. The summed E-state index contributed by atoms with van der Waals surface area (Å²) in [6.07, 6.45) is 0. The zero-order valence-corrected chi connectivity index (χ0v) is 13.3. The van der Waals surface area contributed by atoms with Crippen LogP contribution in [0.25, 0.3) is 22.4 Å². The third-order valence-corrected chi connectivity index (χ3v) is 3.92. The molecule has 0 saturated carbocycles. The van der Waals surface area contributed by atoms with Crippen molar-refractivity contribution in [1.82, 2.24) is 0 Å². The van der Waals surface area contributed by atoms with Gasteiger partial charge in [-0.1, -0.05) is 58.4 Å². The topological polar surface area (TPSA) is 64.0 Å². The first-order chi connectivity index (χ1) is 10.7. The van der Waals surface area contributed by atoms with E-state index in [4.69, 9.17) is 5.73 Å². The van der Waals surface area contributed by atoms with Gasteiger partial charge in [0, 0.05) is 15.6 Å². The molecular weight excluding hydrogens is 338 g/mol. The fraction of sp³-hybridized carbons (Fsp3) is 0. The largest absolute Gasteiger partial charge is 0.289 e. The van der Waals surface area contributed by atoms with E-state index in [-0.39, 0.29) is 0 Å². The van der Waals surface area contributed by atoms with Crippen molar-refractivity contribution in [3.8, 4) is 28.5 Å². The van der Waals surface area contributed by atoms with Gasteiger partial charge in [-0.25, -0.2) is 4.98 Å². The molecule has 0 aliphatic heterocycles. The molecule has 0 amide bonds. The van der Waals surface area contributed by atoms with Crippen LogP contribution in [0.1, 0.15) is 5.56 Å². The first-order valence-electron chi connectivity index (χ1n) is 6.76. The first kappa shape index (κ1) is 14.3. The van der Waals surface area contributed by atoms with Gasteiger partial charge in [-0.2, -0.15) is 5.26 Å². The van der Waals surface area contributed by atoms with E-state index in [1.165, 1.54) is 0 Å². The zero-order valence-electron chi connectivity index (χ0n) is 11.7. The van der Waals surface area contributed by atoms with Crippen LogP contribution in [0.3, 0.4) is 0 Å². The van der Waals surface area contributed by atoms with E-state index in [1.54, 1.807) is 0 Å². The molecule has 0 fully saturated rings. The molecule has 0 unspecified atom stereocenters. The lowest BCUT2D eigenvalue weighted by atomic mass is 9.98. The standard InChI is InChI=1S/C18H12BrN3/c19-14-8-4-7-13(9-14)15-10-17(12-5-2-1-3-6-12)22-18(21)16(15)11-20/h1-10H,(H2,21,22)/p+1. The maximum atomic E-state index is 9.43. The maximum Gasteiger partial charge on any atom is 0.289 e. The van der Waals surface area contributed by atoms with E-state index in [9.17, 15) is 5.26 Å². The van der Waals surface area contributed by atoms with Gasteiger partial charge in [-0.05, 0) is 23.8 Å². The highest BCUT2D eigenvalue weighted by Crippen LogP contribution is 2.30. The molecule has 3 aromatic rings. The lowest BCUT2D eigenvalue weighted by Gasteiger charge is -2.07. The second-order valence-corrected chi connectivity index (χ2v) is 5.79. The summed E-state index contributed by atoms with van der Waals surface area (Å²) in [6, 6.07) is 21.9. The monoisotopic (exact) mass is 350 g/mol. The highest BCUT2D eigenvalue weighted by Gasteiger charge is 2.17. The summed E-state index contributed by atoms with van der Waals surface area (Å²) in [7, 11) is 0.